The zero-order valence-corrected chi connectivity index (χ0v) is 12.5. The monoisotopic (exact) mass is 287 g/mol. The summed E-state index contributed by atoms with van der Waals surface area (Å²) in [6.45, 7) is 4.39. The van der Waals surface area contributed by atoms with E-state index in [1.165, 1.54) is 11.1 Å². The minimum absolute atomic E-state index is 0.116. The Morgan fingerprint density at radius 2 is 2.29 bits per heavy atom. The number of methoxy groups -OCH3 is 1. The lowest BCUT2D eigenvalue weighted by Crippen LogP contribution is -2.28. The van der Waals surface area contributed by atoms with Gasteiger partial charge in [0.2, 0.25) is 0 Å². The van der Waals surface area contributed by atoms with Crippen LogP contribution >= 0.6 is 0 Å². The first kappa shape index (κ1) is 14.2. The van der Waals surface area contributed by atoms with E-state index in [1.54, 1.807) is 7.11 Å². The highest BCUT2D eigenvalue weighted by molar-refractivity contribution is 5.39. The van der Waals surface area contributed by atoms with Gasteiger partial charge in [-0.1, -0.05) is 24.3 Å². The van der Waals surface area contributed by atoms with Gasteiger partial charge in [-0.3, -0.25) is 0 Å². The Labute approximate surface area is 124 Å². The van der Waals surface area contributed by atoms with Crippen LogP contribution in [0.5, 0.6) is 0 Å². The molecule has 1 aliphatic rings. The van der Waals surface area contributed by atoms with Crippen molar-refractivity contribution in [2.45, 2.75) is 31.8 Å². The second-order valence-electron chi connectivity index (χ2n) is 5.49. The maximum absolute atomic E-state index is 5.05. The number of ether oxygens (including phenoxy) is 1. The topological polar surface area (TPSA) is 64.9 Å². The van der Waals surface area contributed by atoms with Crippen LogP contribution in [0.4, 0.5) is 0 Å². The maximum Gasteiger partial charge on any atom is 0.167 e. The van der Waals surface area contributed by atoms with Crippen molar-refractivity contribution in [2.75, 3.05) is 20.3 Å². The van der Waals surface area contributed by atoms with Crippen LogP contribution in [0, 0.1) is 0 Å². The Balaban J connectivity index is 1.64. The molecule has 0 aliphatic heterocycles. The van der Waals surface area contributed by atoms with Crippen LogP contribution in [0.1, 0.15) is 35.8 Å². The van der Waals surface area contributed by atoms with Gasteiger partial charge in [0.05, 0.1) is 19.2 Å². The standard InChI is InChI=1S/C15H21N5O/c1-11(16-7-8-21-2)15-17-18-19-20(15)10-13-9-12-5-3-4-6-14(12)13/h3-6,11,13,16H,7-10H2,1-2H3. The fourth-order valence-electron chi connectivity index (χ4n) is 2.85. The molecule has 2 unspecified atom stereocenters. The Morgan fingerprint density at radius 1 is 1.43 bits per heavy atom. The minimum atomic E-state index is 0.116. The van der Waals surface area contributed by atoms with Crippen LogP contribution in [-0.4, -0.2) is 40.5 Å². The van der Waals surface area contributed by atoms with Crippen LogP contribution in [0.3, 0.4) is 0 Å². The van der Waals surface area contributed by atoms with Gasteiger partial charge >= 0.3 is 0 Å². The molecule has 6 heteroatoms. The van der Waals surface area contributed by atoms with Gasteiger partial charge < -0.3 is 10.1 Å². The summed E-state index contributed by atoms with van der Waals surface area (Å²) in [6.07, 6.45) is 1.11. The number of hydrogen-bond donors (Lipinski definition) is 1. The van der Waals surface area contributed by atoms with Crippen molar-refractivity contribution in [2.24, 2.45) is 0 Å². The average Bonchev–Trinajstić information content (AvgIpc) is 2.93. The summed E-state index contributed by atoms with van der Waals surface area (Å²) >= 11 is 0. The molecule has 0 radical (unpaired) electrons. The van der Waals surface area contributed by atoms with Gasteiger partial charge in [-0.25, -0.2) is 4.68 Å². The number of tetrazole rings is 1. The normalized spacial score (nSPS) is 18.1. The van der Waals surface area contributed by atoms with Gasteiger partial charge in [0.15, 0.2) is 5.82 Å². The Bertz CT molecular complexity index is 597. The molecule has 3 rings (SSSR count). The van der Waals surface area contributed by atoms with Crippen molar-refractivity contribution >= 4 is 0 Å². The fourth-order valence-corrected chi connectivity index (χ4v) is 2.85. The van der Waals surface area contributed by atoms with Gasteiger partial charge in [-0.2, -0.15) is 0 Å². The molecule has 0 spiro atoms. The number of fused-ring (bicyclic) bond motifs is 1. The molecule has 1 N–H and O–H groups in total. The van der Waals surface area contributed by atoms with E-state index in [4.69, 9.17) is 4.74 Å². The fraction of sp³-hybridized carbons (Fsp3) is 0.533. The first-order chi connectivity index (χ1) is 10.3. The molecule has 0 fully saturated rings. The van der Waals surface area contributed by atoms with Gasteiger partial charge in [-0.15, -0.1) is 5.10 Å². The Morgan fingerprint density at radius 3 is 3.10 bits per heavy atom. The smallest absolute Gasteiger partial charge is 0.167 e. The Hall–Kier alpha value is -1.79. The molecular weight excluding hydrogens is 266 g/mol. The van der Waals surface area contributed by atoms with E-state index in [0.717, 1.165) is 25.3 Å². The van der Waals surface area contributed by atoms with Crippen LogP contribution < -0.4 is 5.32 Å². The highest BCUT2D eigenvalue weighted by atomic mass is 16.5. The van der Waals surface area contributed by atoms with Crippen LogP contribution in [0.25, 0.3) is 0 Å². The second kappa shape index (κ2) is 6.32. The van der Waals surface area contributed by atoms with Crippen LogP contribution in [-0.2, 0) is 17.7 Å². The van der Waals surface area contributed by atoms with Crippen LogP contribution in [0.15, 0.2) is 24.3 Å². The van der Waals surface area contributed by atoms with Crippen molar-refractivity contribution in [3.8, 4) is 0 Å². The molecular formula is C15H21N5O. The zero-order chi connectivity index (χ0) is 14.7. The SMILES string of the molecule is COCCNC(C)c1nnnn1CC1Cc2ccccc21. The van der Waals surface area contributed by atoms with Crippen molar-refractivity contribution < 1.29 is 4.74 Å². The number of nitrogens with zero attached hydrogens (tertiary/aromatic N) is 4. The molecule has 1 aromatic heterocycles. The van der Waals surface area contributed by atoms with E-state index in [-0.39, 0.29) is 6.04 Å². The molecule has 2 aromatic rings. The predicted octanol–water partition coefficient (Wildman–Crippen LogP) is 1.31. The molecule has 1 aromatic carbocycles. The molecule has 1 heterocycles. The van der Waals surface area contributed by atoms with E-state index in [1.807, 2.05) is 4.68 Å². The molecule has 21 heavy (non-hydrogen) atoms. The summed E-state index contributed by atoms with van der Waals surface area (Å²) in [5.74, 6) is 1.41. The number of hydrogen-bond acceptors (Lipinski definition) is 5. The van der Waals surface area contributed by atoms with Crippen molar-refractivity contribution in [1.29, 1.82) is 0 Å². The quantitative estimate of drug-likeness (QED) is 0.778. The number of nitrogens with one attached hydrogen (secondary N) is 1. The third-order valence-corrected chi connectivity index (χ3v) is 4.06. The third-order valence-electron chi connectivity index (χ3n) is 4.06. The highest BCUT2D eigenvalue weighted by Crippen LogP contribution is 2.36. The summed E-state index contributed by atoms with van der Waals surface area (Å²) in [4.78, 5) is 0. The van der Waals surface area contributed by atoms with Gasteiger partial charge in [0.1, 0.15) is 0 Å². The van der Waals surface area contributed by atoms with Crippen LogP contribution in [0.2, 0.25) is 0 Å². The summed E-state index contributed by atoms with van der Waals surface area (Å²) in [5.41, 5.74) is 2.88. The molecule has 1 aliphatic carbocycles. The third kappa shape index (κ3) is 2.96. The van der Waals surface area contributed by atoms with E-state index in [0.29, 0.717) is 12.5 Å². The van der Waals surface area contributed by atoms with E-state index in [9.17, 15) is 0 Å². The number of rotatable bonds is 7. The average molecular weight is 287 g/mol. The summed E-state index contributed by atoms with van der Waals surface area (Å²) < 4.78 is 6.97. The highest BCUT2D eigenvalue weighted by Gasteiger charge is 2.27. The van der Waals surface area contributed by atoms with Crippen molar-refractivity contribution in [3.05, 3.63) is 41.2 Å². The van der Waals surface area contributed by atoms with Crippen molar-refractivity contribution in [1.82, 2.24) is 25.5 Å². The summed E-state index contributed by atoms with van der Waals surface area (Å²) in [7, 11) is 1.70. The largest absolute Gasteiger partial charge is 0.383 e. The zero-order valence-electron chi connectivity index (χ0n) is 12.5. The molecule has 6 nitrogen and oxygen atoms in total. The lowest BCUT2D eigenvalue weighted by atomic mass is 9.77. The Kier molecular flexibility index (Phi) is 4.26. The number of aromatic nitrogens is 4. The first-order valence-electron chi connectivity index (χ1n) is 7.35. The minimum Gasteiger partial charge on any atom is -0.383 e. The molecule has 0 saturated heterocycles. The number of benzene rings is 1. The molecule has 0 amide bonds. The molecule has 0 saturated carbocycles. The summed E-state index contributed by atoms with van der Waals surface area (Å²) in [6, 6.07) is 8.71. The maximum atomic E-state index is 5.05. The van der Waals surface area contributed by atoms with Crippen molar-refractivity contribution in [3.63, 3.8) is 0 Å². The van der Waals surface area contributed by atoms with Gasteiger partial charge in [0, 0.05) is 19.6 Å². The molecule has 112 valence electrons. The van der Waals surface area contributed by atoms with Gasteiger partial charge in [-0.05, 0) is 34.9 Å². The molecule has 0 bridgehead atoms. The lowest BCUT2D eigenvalue weighted by Gasteiger charge is -2.30. The van der Waals surface area contributed by atoms with E-state index >= 15 is 0 Å². The predicted molar refractivity (Wildman–Crippen MR) is 79.0 cm³/mol. The second-order valence-corrected chi connectivity index (χ2v) is 5.49. The van der Waals surface area contributed by atoms with E-state index < -0.39 is 0 Å². The van der Waals surface area contributed by atoms with Gasteiger partial charge in [0.25, 0.3) is 0 Å². The summed E-state index contributed by atoms with van der Waals surface area (Å²) in [5, 5.41) is 15.5. The lowest BCUT2D eigenvalue weighted by molar-refractivity contribution is 0.195. The molecule has 2 atom stereocenters. The first-order valence-corrected chi connectivity index (χ1v) is 7.35. The van der Waals surface area contributed by atoms with E-state index in [2.05, 4.69) is 52.0 Å².